The van der Waals surface area contributed by atoms with Gasteiger partial charge in [0.1, 0.15) is 0 Å². The minimum Gasteiger partial charge on any atom is -0.325 e. The van der Waals surface area contributed by atoms with E-state index >= 15 is 0 Å². The van der Waals surface area contributed by atoms with E-state index in [1.54, 1.807) is 36.7 Å². The molecular formula is C14H14N4O2. The van der Waals surface area contributed by atoms with Crippen LogP contribution in [0, 0.1) is 12.3 Å². The number of rotatable bonds is 5. The first-order chi connectivity index (χ1) is 9.70. The molecule has 0 saturated heterocycles. The van der Waals surface area contributed by atoms with Gasteiger partial charge in [0.05, 0.1) is 18.8 Å². The molecule has 0 saturated carbocycles. The zero-order chi connectivity index (χ0) is 14.4. The van der Waals surface area contributed by atoms with E-state index in [-0.39, 0.29) is 18.1 Å². The maximum Gasteiger partial charge on any atom is 0.330 e. The number of carbonyl (C=O) groups is 1. The van der Waals surface area contributed by atoms with Crippen molar-refractivity contribution in [3.05, 3.63) is 47.1 Å². The molecule has 20 heavy (non-hydrogen) atoms. The molecular weight excluding hydrogens is 256 g/mol. The molecule has 2 rings (SSSR count). The molecule has 1 aromatic heterocycles. The smallest absolute Gasteiger partial charge is 0.325 e. The summed E-state index contributed by atoms with van der Waals surface area (Å²) in [6.07, 6.45) is 8.27. The fourth-order valence-corrected chi connectivity index (χ4v) is 1.68. The Hall–Kier alpha value is -2.78. The summed E-state index contributed by atoms with van der Waals surface area (Å²) in [4.78, 5) is 25.6. The standard InChI is InChI=1S/C14H14N4O2/c1-2-7-15-10-13(19)17-11-3-5-12(6-4-11)18-9-8-16-14(18)20/h1,3-6,8-9,15H,7,10H2,(H,16,20)(H,17,19). The van der Waals surface area contributed by atoms with E-state index in [4.69, 9.17) is 6.42 Å². The van der Waals surface area contributed by atoms with Crippen molar-refractivity contribution in [1.82, 2.24) is 14.9 Å². The summed E-state index contributed by atoms with van der Waals surface area (Å²) in [5, 5.41) is 5.52. The predicted molar refractivity (Wildman–Crippen MR) is 76.7 cm³/mol. The molecule has 6 nitrogen and oxygen atoms in total. The fraction of sp³-hybridized carbons (Fsp3) is 0.143. The largest absolute Gasteiger partial charge is 0.330 e. The third kappa shape index (κ3) is 3.37. The van der Waals surface area contributed by atoms with Gasteiger partial charge in [-0.05, 0) is 24.3 Å². The fourth-order valence-electron chi connectivity index (χ4n) is 1.68. The highest BCUT2D eigenvalue weighted by Gasteiger charge is 2.03. The van der Waals surface area contributed by atoms with Crippen molar-refractivity contribution in [3.63, 3.8) is 0 Å². The lowest BCUT2D eigenvalue weighted by molar-refractivity contribution is -0.115. The summed E-state index contributed by atoms with van der Waals surface area (Å²) in [6.45, 7) is 0.506. The number of benzene rings is 1. The lowest BCUT2D eigenvalue weighted by atomic mass is 10.2. The van der Waals surface area contributed by atoms with Gasteiger partial charge in [-0.15, -0.1) is 6.42 Å². The first-order valence-electron chi connectivity index (χ1n) is 6.01. The van der Waals surface area contributed by atoms with Crippen LogP contribution in [0.2, 0.25) is 0 Å². The Labute approximate surface area is 115 Å². The van der Waals surface area contributed by atoms with Gasteiger partial charge < -0.3 is 10.3 Å². The van der Waals surface area contributed by atoms with E-state index in [9.17, 15) is 9.59 Å². The van der Waals surface area contributed by atoms with Crippen LogP contribution in [0.4, 0.5) is 5.69 Å². The Bertz CT molecular complexity index is 676. The van der Waals surface area contributed by atoms with Gasteiger partial charge in [0, 0.05) is 18.1 Å². The molecule has 0 aliphatic rings. The van der Waals surface area contributed by atoms with Gasteiger partial charge in [-0.1, -0.05) is 5.92 Å². The van der Waals surface area contributed by atoms with Crippen LogP contribution in [0.1, 0.15) is 0 Å². The van der Waals surface area contributed by atoms with Crippen LogP contribution in [0.3, 0.4) is 0 Å². The highest BCUT2D eigenvalue weighted by Crippen LogP contribution is 2.11. The average molecular weight is 270 g/mol. The molecule has 0 atom stereocenters. The van der Waals surface area contributed by atoms with Gasteiger partial charge in [0.25, 0.3) is 0 Å². The molecule has 0 fully saturated rings. The van der Waals surface area contributed by atoms with Crippen LogP contribution >= 0.6 is 0 Å². The summed E-state index contributed by atoms with van der Waals surface area (Å²) in [5.74, 6) is 2.21. The van der Waals surface area contributed by atoms with E-state index < -0.39 is 0 Å². The van der Waals surface area contributed by atoms with Crippen molar-refractivity contribution in [2.24, 2.45) is 0 Å². The topological polar surface area (TPSA) is 78.9 Å². The predicted octanol–water partition coefficient (Wildman–Crippen LogP) is 0.327. The van der Waals surface area contributed by atoms with Crippen molar-refractivity contribution in [3.8, 4) is 18.0 Å². The van der Waals surface area contributed by atoms with Gasteiger partial charge in [-0.3, -0.25) is 14.7 Å². The molecule has 1 amide bonds. The van der Waals surface area contributed by atoms with Gasteiger partial charge in [0.15, 0.2) is 0 Å². The van der Waals surface area contributed by atoms with Crippen LogP contribution in [0.15, 0.2) is 41.5 Å². The van der Waals surface area contributed by atoms with E-state index in [1.165, 1.54) is 4.57 Å². The second kappa shape index (κ2) is 6.41. The number of hydrogen-bond donors (Lipinski definition) is 3. The minimum atomic E-state index is -0.208. The zero-order valence-corrected chi connectivity index (χ0v) is 10.7. The van der Waals surface area contributed by atoms with Crippen molar-refractivity contribution < 1.29 is 4.79 Å². The van der Waals surface area contributed by atoms with Gasteiger partial charge in [-0.2, -0.15) is 0 Å². The monoisotopic (exact) mass is 270 g/mol. The van der Waals surface area contributed by atoms with Crippen molar-refractivity contribution in [2.45, 2.75) is 0 Å². The number of anilines is 1. The van der Waals surface area contributed by atoms with Crippen LogP contribution in [0.25, 0.3) is 5.69 Å². The highest BCUT2D eigenvalue weighted by atomic mass is 16.2. The van der Waals surface area contributed by atoms with E-state index in [2.05, 4.69) is 21.5 Å². The lowest BCUT2D eigenvalue weighted by Gasteiger charge is -2.06. The summed E-state index contributed by atoms with van der Waals surface area (Å²) in [7, 11) is 0. The second-order valence-electron chi connectivity index (χ2n) is 4.04. The van der Waals surface area contributed by atoms with E-state index in [0.717, 1.165) is 5.69 Å². The zero-order valence-electron chi connectivity index (χ0n) is 10.7. The Morgan fingerprint density at radius 2 is 2.10 bits per heavy atom. The molecule has 0 radical (unpaired) electrons. The Balaban J connectivity index is 1.99. The first kappa shape index (κ1) is 13.6. The van der Waals surface area contributed by atoms with Gasteiger partial charge >= 0.3 is 5.69 Å². The number of amides is 1. The number of terminal acetylenes is 1. The maximum atomic E-state index is 11.6. The Morgan fingerprint density at radius 3 is 2.70 bits per heavy atom. The quantitative estimate of drug-likeness (QED) is 0.541. The number of nitrogens with zero attached hydrogens (tertiary/aromatic N) is 1. The third-order valence-corrected chi connectivity index (χ3v) is 2.59. The average Bonchev–Trinajstić information content (AvgIpc) is 2.86. The molecule has 0 aliphatic heterocycles. The Kier molecular flexibility index (Phi) is 4.37. The molecule has 0 unspecified atom stereocenters. The number of nitrogens with one attached hydrogen (secondary N) is 3. The van der Waals surface area contributed by atoms with Crippen molar-refractivity contribution in [1.29, 1.82) is 0 Å². The normalized spacial score (nSPS) is 9.95. The number of hydrogen-bond acceptors (Lipinski definition) is 3. The number of carbonyl (C=O) groups excluding carboxylic acids is 1. The maximum absolute atomic E-state index is 11.6. The summed E-state index contributed by atoms with van der Waals surface area (Å²) in [6, 6.07) is 6.96. The number of imidazole rings is 1. The molecule has 102 valence electrons. The van der Waals surface area contributed by atoms with Crippen molar-refractivity contribution >= 4 is 11.6 Å². The minimum absolute atomic E-state index is 0.156. The summed E-state index contributed by atoms with van der Waals surface area (Å²) < 4.78 is 1.47. The van der Waals surface area contributed by atoms with E-state index in [1.807, 2.05) is 0 Å². The summed E-state index contributed by atoms with van der Waals surface area (Å²) in [5.41, 5.74) is 1.17. The number of aromatic amines is 1. The lowest BCUT2D eigenvalue weighted by Crippen LogP contribution is -2.28. The molecule has 1 aromatic carbocycles. The number of H-pyrrole nitrogens is 1. The number of aromatic nitrogens is 2. The molecule has 1 heterocycles. The van der Waals surface area contributed by atoms with Crippen LogP contribution in [0.5, 0.6) is 0 Å². The second-order valence-corrected chi connectivity index (χ2v) is 4.04. The molecule has 6 heteroatoms. The molecule has 2 aromatic rings. The molecule has 0 aliphatic carbocycles. The van der Waals surface area contributed by atoms with Gasteiger partial charge in [-0.25, -0.2) is 4.79 Å². The van der Waals surface area contributed by atoms with E-state index in [0.29, 0.717) is 12.2 Å². The SMILES string of the molecule is C#CCNCC(=O)Nc1ccc(-n2cc[nH]c2=O)cc1. The van der Waals surface area contributed by atoms with Gasteiger partial charge in [0.2, 0.25) is 5.91 Å². The van der Waals surface area contributed by atoms with Crippen LogP contribution < -0.4 is 16.3 Å². The molecule has 3 N–H and O–H groups in total. The Morgan fingerprint density at radius 1 is 1.35 bits per heavy atom. The highest BCUT2D eigenvalue weighted by molar-refractivity contribution is 5.92. The molecule has 0 bridgehead atoms. The third-order valence-electron chi connectivity index (χ3n) is 2.59. The first-order valence-corrected chi connectivity index (χ1v) is 6.01. The summed E-state index contributed by atoms with van der Waals surface area (Å²) >= 11 is 0. The molecule has 0 spiro atoms. The van der Waals surface area contributed by atoms with Crippen LogP contribution in [-0.4, -0.2) is 28.5 Å². The van der Waals surface area contributed by atoms with Crippen molar-refractivity contribution in [2.75, 3.05) is 18.4 Å². The van der Waals surface area contributed by atoms with Crippen LogP contribution in [-0.2, 0) is 4.79 Å².